The van der Waals surface area contributed by atoms with Crippen molar-refractivity contribution in [3.05, 3.63) is 41.1 Å². The first kappa shape index (κ1) is 18.5. The van der Waals surface area contributed by atoms with Crippen molar-refractivity contribution in [1.82, 2.24) is 10.2 Å². The number of carbonyl (C=O) groups excluding carboxylic acids is 3. The molecule has 2 N–H and O–H groups in total. The standard InChI is InChI=1S/C18H23N3O4/c1-5-14(22)19-13-9-7-8-12(10-13)16-15(17(23)25-6-2)11(3)21(4)18(24)20-16/h7-10,16H,5-6H2,1-4H3,(H,19,22)(H,20,24). The fourth-order valence-corrected chi connectivity index (χ4v) is 2.60. The summed E-state index contributed by atoms with van der Waals surface area (Å²) in [5, 5.41) is 5.59. The molecule has 1 heterocycles. The number of amides is 3. The van der Waals surface area contributed by atoms with Crippen LogP contribution in [-0.4, -0.2) is 36.5 Å². The third kappa shape index (κ3) is 3.99. The van der Waals surface area contributed by atoms with E-state index in [0.717, 1.165) is 0 Å². The van der Waals surface area contributed by atoms with E-state index in [0.29, 0.717) is 28.9 Å². The second-order valence-corrected chi connectivity index (χ2v) is 5.69. The topological polar surface area (TPSA) is 87.7 Å². The first-order valence-corrected chi connectivity index (χ1v) is 8.20. The molecule has 1 aromatic carbocycles. The highest BCUT2D eigenvalue weighted by molar-refractivity contribution is 5.95. The van der Waals surface area contributed by atoms with Crippen LogP contribution < -0.4 is 10.6 Å². The third-order valence-electron chi connectivity index (χ3n) is 4.07. The van der Waals surface area contributed by atoms with Crippen molar-refractivity contribution in [2.75, 3.05) is 19.0 Å². The van der Waals surface area contributed by atoms with E-state index >= 15 is 0 Å². The number of rotatable bonds is 5. The van der Waals surface area contributed by atoms with Crippen molar-refractivity contribution < 1.29 is 19.1 Å². The van der Waals surface area contributed by atoms with Crippen molar-refractivity contribution in [2.24, 2.45) is 0 Å². The lowest BCUT2D eigenvalue weighted by molar-refractivity contribution is -0.139. The number of urea groups is 1. The molecule has 7 heteroatoms. The maximum absolute atomic E-state index is 12.4. The summed E-state index contributed by atoms with van der Waals surface area (Å²) in [4.78, 5) is 37.6. The van der Waals surface area contributed by atoms with Crippen molar-refractivity contribution in [2.45, 2.75) is 33.2 Å². The maximum atomic E-state index is 12.4. The van der Waals surface area contributed by atoms with Crippen molar-refractivity contribution in [3.8, 4) is 0 Å². The maximum Gasteiger partial charge on any atom is 0.338 e. The van der Waals surface area contributed by atoms with Crippen molar-refractivity contribution in [3.63, 3.8) is 0 Å². The Labute approximate surface area is 147 Å². The van der Waals surface area contributed by atoms with Crippen LogP contribution in [-0.2, 0) is 14.3 Å². The van der Waals surface area contributed by atoms with Crippen LogP contribution in [0.25, 0.3) is 0 Å². The van der Waals surface area contributed by atoms with E-state index in [1.165, 1.54) is 4.90 Å². The van der Waals surface area contributed by atoms with Gasteiger partial charge in [0, 0.05) is 24.9 Å². The molecule has 7 nitrogen and oxygen atoms in total. The fourth-order valence-electron chi connectivity index (χ4n) is 2.60. The Morgan fingerprint density at radius 1 is 1.32 bits per heavy atom. The zero-order chi connectivity index (χ0) is 18.6. The lowest BCUT2D eigenvalue weighted by Crippen LogP contribution is -2.46. The van der Waals surface area contributed by atoms with E-state index in [9.17, 15) is 14.4 Å². The van der Waals surface area contributed by atoms with Gasteiger partial charge < -0.3 is 20.3 Å². The Hall–Kier alpha value is -2.83. The zero-order valence-electron chi connectivity index (χ0n) is 14.9. The number of carbonyl (C=O) groups is 3. The summed E-state index contributed by atoms with van der Waals surface area (Å²) >= 11 is 0. The second-order valence-electron chi connectivity index (χ2n) is 5.69. The van der Waals surface area contributed by atoms with E-state index in [-0.39, 0.29) is 18.5 Å². The van der Waals surface area contributed by atoms with Crippen LogP contribution in [0.1, 0.15) is 38.8 Å². The Kier molecular flexibility index (Phi) is 5.80. The molecule has 0 aromatic heterocycles. The molecule has 1 aromatic rings. The first-order chi connectivity index (χ1) is 11.9. The fraction of sp³-hybridized carbons (Fsp3) is 0.389. The summed E-state index contributed by atoms with van der Waals surface area (Å²) in [6.45, 7) is 5.45. The molecule has 0 saturated heterocycles. The van der Waals surface area contributed by atoms with Gasteiger partial charge in [0.25, 0.3) is 0 Å². The molecule has 1 unspecified atom stereocenters. The van der Waals surface area contributed by atoms with E-state index in [2.05, 4.69) is 10.6 Å². The van der Waals surface area contributed by atoms with E-state index in [1.807, 2.05) is 0 Å². The van der Waals surface area contributed by atoms with Gasteiger partial charge in [0.1, 0.15) is 0 Å². The largest absolute Gasteiger partial charge is 0.463 e. The van der Waals surface area contributed by atoms with Gasteiger partial charge in [-0.25, -0.2) is 9.59 Å². The SMILES string of the molecule is CCOC(=O)C1=C(C)N(C)C(=O)NC1c1cccc(NC(=O)CC)c1. The predicted octanol–water partition coefficient (Wildman–Crippen LogP) is 2.57. The molecule has 0 radical (unpaired) electrons. The number of nitrogens with one attached hydrogen (secondary N) is 2. The lowest BCUT2D eigenvalue weighted by atomic mass is 9.94. The number of hydrogen-bond donors (Lipinski definition) is 2. The van der Waals surface area contributed by atoms with Crippen molar-refractivity contribution in [1.29, 1.82) is 0 Å². The Morgan fingerprint density at radius 2 is 2.04 bits per heavy atom. The van der Waals surface area contributed by atoms with Gasteiger partial charge in [-0.05, 0) is 31.5 Å². The number of benzene rings is 1. The summed E-state index contributed by atoms with van der Waals surface area (Å²) < 4.78 is 5.15. The Bertz CT molecular complexity index is 727. The molecule has 25 heavy (non-hydrogen) atoms. The van der Waals surface area contributed by atoms with Gasteiger partial charge in [-0.2, -0.15) is 0 Å². The number of anilines is 1. The number of esters is 1. The summed E-state index contributed by atoms with van der Waals surface area (Å²) in [6.07, 6.45) is 0.363. The van der Waals surface area contributed by atoms with Crippen LogP contribution in [0, 0.1) is 0 Å². The molecule has 0 aliphatic carbocycles. The monoisotopic (exact) mass is 345 g/mol. The second kappa shape index (κ2) is 7.83. The number of allylic oxidation sites excluding steroid dienone is 1. The molecule has 0 saturated carbocycles. The lowest BCUT2D eigenvalue weighted by Gasteiger charge is -2.33. The Balaban J connectivity index is 2.44. The summed E-state index contributed by atoms with van der Waals surface area (Å²) in [5.74, 6) is -0.582. The molecule has 3 amide bonds. The van der Waals surface area contributed by atoms with Crippen LogP contribution in [0.15, 0.2) is 35.5 Å². The summed E-state index contributed by atoms with van der Waals surface area (Å²) in [7, 11) is 1.60. The molecule has 2 rings (SSSR count). The van der Waals surface area contributed by atoms with Crippen LogP contribution in [0.3, 0.4) is 0 Å². The molecule has 134 valence electrons. The molecule has 0 fully saturated rings. The summed E-state index contributed by atoms with van der Waals surface area (Å²) in [6, 6.07) is 6.12. The predicted molar refractivity (Wildman–Crippen MR) is 93.7 cm³/mol. The van der Waals surface area contributed by atoms with E-state index in [1.54, 1.807) is 52.1 Å². The van der Waals surface area contributed by atoms with Crippen LogP contribution >= 0.6 is 0 Å². The van der Waals surface area contributed by atoms with Gasteiger partial charge >= 0.3 is 12.0 Å². The highest BCUT2D eigenvalue weighted by atomic mass is 16.5. The number of nitrogens with zero attached hydrogens (tertiary/aromatic N) is 1. The van der Waals surface area contributed by atoms with Crippen LogP contribution in [0.4, 0.5) is 10.5 Å². The minimum atomic E-state index is -0.638. The highest BCUT2D eigenvalue weighted by Gasteiger charge is 2.34. The van der Waals surface area contributed by atoms with Crippen LogP contribution in [0.2, 0.25) is 0 Å². The van der Waals surface area contributed by atoms with Gasteiger partial charge in [0.15, 0.2) is 0 Å². The summed E-state index contributed by atoms with van der Waals surface area (Å²) in [5.41, 5.74) is 2.22. The molecule has 1 aliphatic heterocycles. The average Bonchev–Trinajstić information content (AvgIpc) is 2.59. The van der Waals surface area contributed by atoms with Gasteiger partial charge in [0.2, 0.25) is 5.91 Å². The zero-order valence-corrected chi connectivity index (χ0v) is 14.9. The van der Waals surface area contributed by atoms with E-state index in [4.69, 9.17) is 4.74 Å². The molecular weight excluding hydrogens is 322 g/mol. The van der Waals surface area contributed by atoms with Gasteiger partial charge in [-0.1, -0.05) is 19.1 Å². The Morgan fingerprint density at radius 3 is 2.68 bits per heavy atom. The first-order valence-electron chi connectivity index (χ1n) is 8.20. The third-order valence-corrected chi connectivity index (χ3v) is 4.07. The highest BCUT2D eigenvalue weighted by Crippen LogP contribution is 2.31. The normalized spacial score (nSPS) is 17.2. The van der Waals surface area contributed by atoms with Gasteiger partial charge in [0.05, 0.1) is 18.2 Å². The van der Waals surface area contributed by atoms with Gasteiger partial charge in [-0.15, -0.1) is 0 Å². The van der Waals surface area contributed by atoms with Crippen molar-refractivity contribution >= 4 is 23.6 Å². The quantitative estimate of drug-likeness (QED) is 0.803. The molecule has 0 spiro atoms. The minimum Gasteiger partial charge on any atom is -0.463 e. The molecule has 1 aliphatic rings. The van der Waals surface area contributed by atoms with Gasteiger partial charge in [-0.3, -0.25) is 4.79 Å². The molecule has 1 atom stereocenters. The molecular formula is C18H23N3O4. The molecule has 0 bridgehead atoms. The average molecular weight is 345 g/mol. The van der Waals surface area contributed by atoms with Crippen LogP contribution in [0.5, 0.6) is 0 Å². The number of hydrogen-bond acceptors (Lipinski definition) is 4. The minimum absolute atomic E-state index is 0.109. The smallest absolute Gasteiger partial charge is 0.338 e. The van der Waals surface area contributed by atoms with E-state index < -0.39 is 12.0 Å². The number of ether oxygens (including phenoxy) is 1.